The predicted molar refractivity (Wildman–Crippen MR) is 65.4 cm³/mol. The molecule has 0 aliphatic heterocycles. The van der Waals surface area contributed by atoms with E-state index in [1.807, 2.05) is 6.07 Å². The Morgan fingerprint density at radius 1 is 1.38 bits per heavy atom. The maximum atomic E-state index is 8.63. The Hall–Kier alpha value is -1.05. The van der Waals surface area contributed by atoms with Gasteiger partial charge in [0.2, 0.25) is 5.76 Å². The number of hydrogen-bond donors (Lipinski definition) is 0. The normalized spacial score (nSPS) is 12.5. The minimum absolute atomic E-state index is 0.192. The van der Waals surface area contributed by atoms with E-state index in [-0.39, 0.29) is 5.04 Å². The van der Waals surface area contributed by atoms with Gasteiger partial charge in [0.15, 0.2) is 8.32 Å². The second-order valence-corrected chi connectivity index (χ2v) is 10.2. The van der Waals surface area contributed by atoms with Crippen molar-refractivity contribution >= 4 is 8.32 Å². The molecular formula is C12H19NO2Si. The topological polar surface area (TPSA) is 46.2 Å². The molecule has 0 aliphatic carbocycles. The summed E-state index contributed by atoms with van der Waals surface area (Å²) in [5.41, 5.74) is 0. The lowest BCUT2D eigenvalue weighted by molar-refractivity contribution is 0.245. The Labute approximate surface area is 98.2 Å². The Kier molecular flexibility index (Phi) is 3.61. The highest BCUT2D eigenvalue weighted by atomic mass is 28.4. The molecule has 0 N–H and O–H groups in total. The van der Waals surface area contributed by atoms with Gasteiger partial charge in [-0.1, -0.05) is 20.8 Å². The van der Waals surface area contributed by atoms with Gasteiger partial charge in [-0.15, -0.1) is 0 Å². The zero-order valence-electron chi connectivity index (χ0n) is 10.6. The van der Waals surface area contributed by atoms with E-state index in [4.69, 9.17) is 14.1 Å². The van der Waals surface area contributed by atoms with Gasteiger partial charge < -0.3 is 8.84 Å². The second kappa shape index (κ2) is 4.44. The summed E-state index contributed by atoms with van der Waals surface area (Å²) in [6.45, 7) is 11.4. The number of nitrogens with zero attached hydrogens (tertiary/aromatic N) is 1. The number of furan rings is 1. The highest BCUT2D eigenvalue weighted by Gasteiger charge is 2.37. The first-order chi connectivity index (χ1) is 7.26. The fourth-order valence-corrected chi connectivity index (χ4v) is 1.92. The zero-order chi connectivity index (χ0) is 12.4. The largest absolute Gasteiger partial charge is 0.448 e. The fraction of sp³-hybridized carbons (Fsp3) is 0.583. The summed E-state index contributed by atoms with van der Waals surface area (Å²) in [6.07, 6.45) is 0. The fourth-order valence-electron chi connectivity index (χ4n) is 0.984. The predicted octanol–water partition coefficient (Wildman–Crippen LogP) is 3.67. The molecule has 88 valence electrons. The van der Waals surface area contributed by atoms with Crippen LogP contribution in [0, 0.1) is 11.3 Å². The molecule has 4 heteroatoms. The summed E-state index contributed by atoms with van der Waals surface area (Å²) in [7, 11) is -1.73. The van der Waals surface area contributed by atoms with Gasteiger partial charge in [-0.25, -0.2) is 0 Å². The van der Waals surface area contributed by atoms with Crippen molar-refractivity contribution in [2.45, 2.75) is 45.5 Å². The first kappa shape index (κ1) is 13.0. The number of nitriles is 1. The maximum Gasteiger partial charge on any atom is 0.203 e. The minimum atomic E-state index is -1.73. The molecule has 0 aliphatic rings. The molecule has 1 heterocycles. The van der Waals surface area contributed by atoms with Gasteiger partial charge in [-0.05, 0) is 30.3 Å². The van der Waals surface area contributed by atoms with E-state index in [2.05, 4.69) is 33.9 Å². The Morgan fingerprint density at radius 2 is 2.00 bits per heavy atom. The molecule has 0 amide bonds. The summed E-state index contributed by atoms with van der Waals surface area (Å²) >= 11 is 0. The quantitative estimate of drug-likeness (QED) is 0.753. The molecule has 16 heavy (non-hydrogen) atoms. The highest BCUT2D eigenvalue weighted by molar-refractivity contribution is 6.74. The Morgan fingerprint density at radius 3 is 2.44 bits per heavy atom. The third kappa shape index (κ3) is 2.97. The van der Waals surface area contributed by atoms with E-state index in [9.17, 15) is 0 Å². The first-order valence-electron chi connectivity index (χ1n) is 5.39. The van der Waals surface area contributed by atoms with Gasteiger partial charge in [0, 0.05) is 0 Å². The van der Waals surface area contributed by atoms with E-state index in [0.29, 0.717) is 12.4 Å². The second-order valence-electron chi connectivity index (χ2n) is 5.43. The van der Waals surface area contributed by atoms with Crippen LogP contribution in [-0.2, 0) is 11.0 Å². The SMILES string of the molecule is CC(C)(C)[Si](C)(C)OCc1ccc(C#N)o1. The lowest BCUT2D eigenvalue weighted by Gasteiger charge is -2.35. The van der Waals surface area contributed by atoms with Crippen LogP contribution >= 0.6 is 0 Å². The van der Waals surface area contributed by atoms with Crippen LogP contribution in [0.3, 0.4) is 0 Å². The summed E-state index contributed by atoms with van der Waals surface area (Å²) in [5.74, 6) is 1.07. The van der Waals surface area contributed by atoms with Crippen molar-refractivity contribution in [1.29, 1.82) is 5.26 Å². The molecule has 0 spiro atoms. The van der Waals surface area contributed by atoms with Gasteiger partial charge in [-0.3, -0.25) is 0 Å². The van der Waals surface area contributed by atoms with Crippen LogP contribution in [0.15, 0.2) is 16.5 Å². The molecule has 3 nitrogen and oxygen atoms in total. The average molecular weight is 237 g/mol. The van der Waals surface area contributed by atoms with Gasteiger partial charge in [0.1, 0.15) is 11.8 Å². The lowest BCUT2D eigenvalue weighted by atomic mass is 10.2. The van der Waals surface area contributed by atoms with E-state index < -0.39 is 8.32 Å². The molecule has 0 fully saturated rings. The van der Waals surface area contributed by atoms with Crippen molar-refractivity contribution in [2.24, 2.45) is 0 Å². The van der Waals surface area contributed by atoms with E-state index in [0.717, 1.165) is 5.76 Å². The van der Waals surface area contributed by atoms with Crippen LogP contribution in [0.2, 0.25) is 18.1 Å². The molecule has 1 aromatic heterocycles. The molecule has 0 aromatic carbocycles. The van der Waals surface area contributed by atoms with Crippen molar-refractivity contribution in [3.63, 3.8) is 0 Å². The smallest absolute Gasteiger partial charge is 0.203 e. The summed E-state index contributed by atoms with van der Waals surface area (Å²) in [4.78, 5) is 0. The van der Waals surface area contributed by atoms with Crippen LogP contribution < -0.4 is 0 Å². The molecule has 0 saturated heterocycles. The standard InChI is InChI=1S/C12H19NO2Si/c1-12(2,3)16(4,5)14-9-11-7-6-10(8-13)15-11/h6-7H,9H2,1-5H3. The van der Waals surface area contributed by atoms with E-state index >= 15 is 0 Å². The minimum Gasteiger partial charge on any atom is -0.448 e. The summed E-state index contributed by atoms with van der Waals surface area (Å²) < 4.78 is 11.3. The third-order valence-corrected chi connectivity index (χ3v) is 7.63. The van der Waals surface area contributed by atoms with Gasteiger partial charge in [0.05, 0.1) is 6.61 Å². The zero-order valence-corrected chi connectivity index (χ0v) is 11.6. The van der Waals surface area contributed by atoms with Gasteiger partial charge in [-0.2, -0.15) is 5.26 Å². The highest BCUT2D eigenvalue weighted by Crippen LogP contribution is 2.37. The van der Waals surface area contributed by atoms with Crippen LogP contribution in [0.25, 0.3) is 0 Å². The van der Waals surface area contributed by atoms with Crippen LogP contribution in [-0.4, -0.2) is 8.32 Å². The monoisotopic (exact) mass is 237 g/mol. The van der Waals surface area contributed by atoms with Crippen LogP contribution in [0.1, 0.15) is 32.3 Å². The maximum absolute atomic E-state index is 8.63. The average Bonchev–Trinajstić information content (AvgIpc) is 2.60. The van der Waals surface area contributed by atoms with Crippen molar-refractivity contribution in [3.8, 4) is 6.07 Å². The Balaban J connectivity index is 2.62. The lowest BCUT2D eigenvalue weighted by Crippen LogP contribution is -2.40. The van der Waals surface area contributed by atoms with Crippen molar-refractivity contribution in [2.75, 3.05) is 0 Å². The number of hydrogen-bond acceptors (Lipinski definition) is 3. The van der Waals surface area contributed by atoms with Gasteiger partial charge in [0.25, 0.3) is 0 Å². The number of rotatable bonds is 3. The summed E-state index contributed by atoms with van der Waals surface area (Å²) in [5, 5.41) is 8.82. The molecule has 0 radical (unpaired) electrons. The van der Waals surface area contributed by atoms with Crippen LogP contribution in [0.4, 0.5) is 0 Å². The summed E-state index contributed by atoms with van der Waals surface area (Å²) in [6, 6.07) is 5.43. The van der Waals surface area contributed by atoms with E-state index in [1.165, 1.54) is 0 Å². The third-order valence-electron chi connectivity index (χ3n) is 3.15. The van der Waals surface area contributed by atoms with Crippen molar-refractivity contribution in [1.82, 2.24) is 0 Å². The molecule has 1 rings (SSSR count). The molecule has 1 aromatic rings. The molecular weight excluding hydrogens is 218 g/mol. The van der Waals surface area contributed by atoms with Crippen LogP contribution in [0.5, 0.6) is 0 Å². The van der Waals surface area contributed by atoms with Gasteiger partial charge >= 0.3 is 0 Å². The Bertz CT molecular complexity index is 396. The first-order valence-corrected chi connectivity index (χ1v) is 8.30. The molecule has 0 bridgehead atoms. The van der Waals surface area contributed by atoms with Crippen molar-refractivity contribution in [3.05, 3.63) is 23.7 Å². The molecule has 0 atom stereocenters. The van der Waals surface area contributed by atoms with Crippen molar-refractivity contribution < 1.29 is 8.84 Å². The molecule has 0 unspecified atom stereocenters. The molecule has 0 saturated carbocycles. The van der Waals surface area contributed by atoms with E-state index in [1.54, 1.807) is 12.1 Å².